The van der Waals surface area contributed by atoms with Crippen LogP contribution in [0, 0.1) is 0 Å². The van der Waals surface area contributed by atoms with Gasteiger partial charge in [0, 0.05) is 59.7 Å². The Kier molecular flexibility index (Phi) is 3.61. The van der Waals surface area contributed by atoms with Crippen LogP contribution in [0.2, 0.25) is 0 Å². The molecule has 3 N–H and O–H groups in total. The molecule has 1 aliphatic rings. The Morgan fingerprint density at radius 2 is 2.07 bits per heavy atom. The average Bonchev–Trinajstić information content (AvgIpc) is 3.29. The number of aromatic nitrogens is 6. The van der Waals surface area contributed by atoms with Gasteiger partial charge in [0.05, 0.1) is 5.60 Å². The zero-order valence-electron chi connectivity index (χ0n) is 15.1. The number of H-pyrrole nitrogens is 1. The van der Waals surface area contributed by atoms with Crippen molar-refractivity contribution in [2.45, 2.75) is 44.2 Å². The van der Waals surface area contributed by atoms with Crippen molar-refractivity contribution >= 4 is 22.8 Å². The van der Waals surface area contributed by atoms with Crippen molar-refractivity contribution in [3.63, 3.8) is 0 Å². The van der Waals surface area contributed by atoms with Crippen molar-refractivity contribution in [1.29, 1.82) is 0 Å². The summed E-state index contributed by atoms with van der Waals surface area (Å²) in [7, 11) is 0. The molecule has 0 spiro atoms. The Morgan fingerprint density at radius 3 is 2.93 bits per heavy atom. The van der Waals surface area contributed by atoms with E-state index in [9.17, 15) is 5.11 Å². The third kappa shape index (κ3) is 3.02. The van der Waals surface area contributed by atoms with Crippen LogP contribution in [0.1, 0.15) is 32.6 Å². The summed E-state index contributed by atoms with van der Waals surface area (Å²) in [6.45, 7) is 1.90. The summed E-state index contributed by atoms with van der Waals surface area (Å²) in [5, 5.41) is 14.4. The third-order valence-electron chi connectivity index (χ3n) is 5.38. The fraction of sp³-hybridized carbons (Fsp3) is 0.368. The molecule has 4 heterocycles. The minimum atomic E-state index is -0.540. The standard InChI is InChI=1S/C19H21N7O/c1-19(27)4-2-13(3-5-19)24-17-22-10-15-14(9-21-16(15)25-17)12-8-23-18-20-6-7-26(18)11-12/h6-11,13,27H,2-5H2,1H3,(H2,21,22,24,25)/t13-,19-. The van der Waals surface area contributed by atoms with E-state index in [2.05, 4.69) is 30.2 Å². The van der Waals surface area contributed by atoms with E-state index in [1.165, 1.54) is 0 Å². The number of nitrogens with zero attached hydrogens (tertiary/aromatic N) is 5. The maximum atomic E-state index is 10.1. The molecule has 0 unspecified atom stereocenters. The van der Waals surface area contributed by atoms with Gasteiger partial charge in [-0.05, 0) is 32.6 Å². The summed E-state index contributed by atoms with van der Waals surface area (Å²) < 4.78 is 1.89. The second-order valence-electron chi connectivity index (χ2n) is 7.55. The molecule has 0 atom stereocenters. The number of aromatic amines is 1. The van der Waals surface area contributed by atoms with Gasteiger partial charge in [-0.1, -0.05) is 0 Å². The summed E-state index contributed by atoms with van der Waals surface area (Å²) in [6, 6.07) is 0.296. The highest BCUT2D eigenvalue weighted by molar-refractivity contribution is 5.93. The molecule has 4 aromatic heterocycles. The molecule has 0 aliphatic heterocycles. The van der Waals surface area contributed by atoms with Crippen LogP contribution in [0.4, 0.5) is 5.95 Å². The molecule has 1 aliphatic carbocycles. The maximum absolute atomic E-state index is 10.1. The number of imidazole rings is 1. The van der Waals surface area contributed by atoms with Gasteiger partial charge in [-0.2, -0.15) is 4.98 Å². The van der Waals surface area contributed by atoms with Gasteiger partial charge in [0.1, 0.15) is 5.65 Å². The second-order valence-corrected chi connectivity index (χ2v) is 7.55. The molecule has 0 radical (unpaired) electrons. The van der Waals surface area contributed by atoms with Gasteiger partial charge >= 0.3 is 0 Å². The van der Waals surface area contributed by atoms with Gasteiger partial charge in [-0.25, -0.2) is 15.0 Å². The lowest BCUT2D eigenvalue weighted by molar-refractivity contribution is 0.0196. The first-order chi connectivity index (χ1) is 13.1. The number of hydrogen-bond donors (Lipinski definition) is 3. The van der Waals surface area contributed by atoms with Crippen LogP contribution >= 0.6 is 0 Å². The quantitative estimate of drug-likeness (QED) is 0.517. The maximum Gasteiger partial charge on any atom is 0.233 e. The molecule has 138 valence electrons. The second kappa shape index (κ2) is 6.02. The molecule has 0 saturated heterocycles. The molecular weight excluding hydrogens is 342 g/mol. The van der Waals surface area contributed by atoms with Gasteiger partial charge in [-0.3, -0.25) is 4.40 Å². The van der Waals surface area contributed by atoms with E-state index in [1.807, 2.05) is 42.3 Å². The van der Waals surface area contributed by atoms with Crippen molar-refractivity contribution in [2.24, 2.45) is 0 Å². The van der Waals surface area contributed by atoms with Crippen LogP contribution in [0.5, 0.6) is 0 Å². The number of aliphatic hydroxyl groups is 1. The number of hydrogen-bond acceptors (Lipinski definition) is 6. The van der Waals surface area contributed by atoms with Gasteiger partial charge in [-0.15, -0.1) is 0 Å². The molecule has 0 amide bonds. The van der Waals surface area contributed by atoms with E-state index in [0.717, 1.165) is 47.8 Å². The summed E-state index contributed by atoms with van der Waals surface area (Å²) in [4.78, 5) is 20.9. The van der Waals surface area contributed by atoms with Gasteiger partial charge in [0.2, 0.25) is 11.7 Å². The van der Waals surface area contributed by atoms with Crippen LogP contribution < -0.4 is 5.32 Å². The van der Waals surface area contributed by atoms with Crippen LogP contribution in [0.3, 0.4) is 0 Å². The predicted octanol–water partition coefficient (Wildman–Crippen LogP) is 2.77. The normalized spacial score (nSPS) is 23.1. The molecule has 1 fully saturated rings. The van der Waals surface area contributed by atoms with Crippen LogP contribution in [0.25, 0.3) is 27.9 Å². The van der Waals surface area contributed by atoms with Crippen LogP contribution in [-0.4, -0.2) is 46.1 Å². The lowest BCUT2D eigenvalue weighted by atomic mass is 9.84. The zero-order chi connectivity index (χ0) is 18.4. The van der Waals surface area contributed by atoms with Gasteiger partial charge in [0.15, 0.2) is 0 Å². The average molecular weight is 363 g/mol. The summed E-state index contributed by atoms with van der Waals surface area (Å²) >= 11 is 0. The molecular formula is C19H21N7O. The van der Waals surface area contributed by atoms with Gasteiger partial charge in [0.25, 0.3) is 0 Å². The molecule has 8 heteroatoms. The highest BCUT2D eigenvalue weighted by atomic mass is 16.3. The summed E-state index contributed by atoms with van der Waals surface area (Å²) in [5.41, 5.74) is 2.23. The van der Waals surface area contributed by atoms with Crippen molar-refractivity contribution in [2.75, 3.05) is 5.32 Å². The first-order valence-electron chi connectivity index (χ1n) is 9.20. The molecule has 0 bridgehead atoms. The SMILES string of the molecule is C[C@]1(O)CC[C@H](Nc2ncc3c(-c4cnc5nccn5c4)c[nH]c3n2)CC1. The van der Waals surface area contributed by atoms with E-state index < -0.39 is 5.60 Å². The van der Waals surface area contributed by atoms with Crippen molar-refractivity contribution < 1.29 is 5.11 Å². The first-order valence-corrected chi connectivity index (χ1v) is 9.20. The van der Waals surface area contributed by atoms with Gasteiger partial charge < -0.3 is 15.4 Å². The molecule has 4 aromatic rings. The van der Waals surface area contributed by atoms with Crippen molar-refractivity contribution in [1.82, 2.24) is 29.3 Å². The monoisotopic (exact) mass is 363 g/mol. The minimum Gasteiger partial charge on any atom is -0.390 e. The number of anilines is 1. The lowest BCUT2D eigenvalue weighted by Gasteiger charge is -2.33. The molecule has 0 aromatic carbocycles. The molecule has 5 rings (SSSR count). The van der Waals surface area contributed by atoms with Crippen LogP contribution in [0.15, 0.2) is 37.2 Å². The van der Waals surface area contributed by atoms with Crippen molar-refractivity contribution in [3.8, 4) is 11.1 Å². The molecule has 1 saturated carbocycles. The lowest BCUT2D eigenvalue weighted by Crippen LogP contribution is -2.36. The Morgan fingerprint density at radius 1 is 1.22 bits per heavy atom. The first kappa shape index (κ1) is 16.2. The fourth-order valence-corrected chi connectivity index (χ4v) is 3.74. The summed E-state index contributed by atoms with van der Waals surface area (Å²) in [6.07, 6.45) is 14.6. The molecule has 8 nitrogen and oxygen atoms in total. The van der Waals surface area contributed by atoms with E-state index in [-0.39, 0.29) is 0 Å². The third-order valence-corrected chi connectivity index (χ3v) is 5.38. The largest absolute Gasteiger partial charge is 0.390 e. The molecule has 27 heavy (non-hydrogen) atoms. The topological polar surface area (TPSA) is 104 Å². The van der Waals surface area contributed by atoms with E-state index in [0.29, 0.717) is 17.8 Å². The van der Waals surface area contributed by atoms with E-state index in [1.54, 1.807) is 6.20 Å². The Balaban J connectivity index is 1.41. The van der Waals surface area contributed by atoms with Crippen molar-refractivity contribution in [3.05, 3.63) is 37.2 Å². The van der Waals surface area contributed by atoms with E-state index >= 15 is 0 Å². The highest BCUT2D eigenvalue weighted by Gasteiger charge is 2.28. The smallest absolute Gasteiger partial charge is 0.233 e. The Hall–Kier alpha value is -3.00. The number of nitrogens with one attached hydrogen (secondary N) is 2. The highest BCUT2D eigenvalue weighted by Crippen LogP contribution is 2.30. The van der Waals surface area contributed by atoms with E-state index in [4.69, 9.17) is 0 Å². The number of rotatable bonds is 3. The number of fused-ring (bicyclic) bond motifs is 2. The Labute approximate surface area is 155 Å². The fourth-order valence-electron chi connectivity index (χ4n) is 3.74. The van der Waals surface area contributed by atoms with Crippen LogP contribution in [-0.2, 0) is 0 Å². The Bertz CT molecular complexity index is 1100. The summed E-state index contributed by atoms with van der Waals surface area (Å²) in [5.74, 6) is 1.29. The minimum absolute atomic E-state index is 0.296. The predicted molar refractivity (Wildman–Crippen MR) is 102 cm³/mol. The zero-order valence-corrected chi connectivity index (χ0v) is 15.1.